The smallest absolute Gasteiger partial charge is 0.422 e. The summed E-state index contributed by atoms with van der Waals surface area (Å²) in [6.07, 6.45) is 1.01. The van der Waals surface area contributed by atoms with Crippen LogP contribution >= 0.6 is 0 Å². The summed E-state index contributed by atoms with van der Waals surface area (Å²) in [5, 5.41) is 9.17. The highest BCUT2D eigenvalue weighted by Crippen LogP contribution is 2.46. The summed E-state index contributed by atoms with van der Waals surface area (Å²) in [7, 11) is 0. The standard InChI is InChI=1S/C39H51F3N8O6/c1-27(2)56-37(52)50-18-5-6-20-54-32-22-29(10-13-31(32)33(51)44-24-38(14-15-38)25-49-16-3-4-17-49)45-35-46-34(47-36(48-35)55-26-39(40,41)42)43-23-28-8-11-30(12-9-28)53-21-7-19-50/h8-13,22,27H,3-7,14-21,23-26H2,1-2H3,(H,44,51)(H2,43,45,46,47,48). The normalized spacial score (nSPS) is 17.9. The van der Waals surface area contributed by atoms with Gasteiger partial charge in [-0.15, -0.1) is 0 Å². The van der Waals surface area contributed by atoms with Crippen molar-refractivity contribution in [3.8, 4) is 17.5 Å². The van der Waals surface area contributed by atoms with Gasteiger partial charge >= 0.3 is 18.3 Å². The Hall–Kier alpha value is -5.06. The van der Waals surface area contributed by atoms with E-state index < -0.39 is 24.9 Å². The van der Waals surface area contributed by atoms with Crippen molar-refractivity contribution in [3.63, 3.8) is 0 Å². The number of rotatable bonds is 8. The van der Waals surface area contributed by atoms with Gasteiger partial charge < -0.3 is 44.7 Å². The highest BCUT2D eigenvalue weighted by Gasteiger charge is 2.44. The molecule has 0 radical (unpaired) electrons. The SMILES string of the molecule is CC(C)OC(=O)N1CCCCOc2cc(ccc2C(=O)NCC2(CN3CCCC3)CC2)Nc2nc(nc(OCC(F)(F)F)n2)NCc2ccc(cc2)OCCC1. The topological polar surface area (TPSA) is 152 Å². The molecule has 2 amide bonds. The highest BCUT2D eigenvalue weighted by atomic mass is 19.4. The van der Waals surface area contributed by atoms with Crippen LogP contribution in [0, 0.1) is 5.41 Å². The number of carbonyl (C=O) groups excluding carboxylic acids is 2. The van der Waals surface area contributed by atoms with Crippen LogP contribution in [0.15, 0.2) is 42.5 Å². The molecule has 7 rings (SSSR count). The Morgan fingerprint density at radius 1 is 0.911 bits per heavy atom. The van der Waals surface area contributed by atoms with Crippen LogP contribution in [0.3, 0.4) is 0 Å². The van der Waals surface area contributed by atoms with Crippen molar-refractivity contribution in [2.45, 2.75) is 77.6 Å². The summed E-state index contributed by atoms with van der Waals surface area (Å²) in [6.45, 7) is 7.45. The number of carbonyl (C=O) groups is 2. The number of ether oxygens (including phenoxy) is 4. The Kier molecular flexibility index (Phi) is 13.6. The summed E-state index contributed by atoms with van der Waals surface area (Å²) in [5.74, 6) is 0.556. The van der Waals surface area contributed by atoms with E-state index in [-0.39, 0.29) is 42.5 Å². The summed E-state index contributed by atoms with van der Waals surface area (Å²) < 4.78 is 61.8. The average Bonchev–Trinajstić information content (AvgIpc) is 3.73. The first kappa shape index (κ1) is 40.6. The molecule has 304 valence electrons. The minimum absolute atomic E-state index is 0.0191. The number of anilines is 3. The summed E-state index contributed by atoms with van der Waals surface area (Å²) in [6, 6.07) is 11.7. The molecule has 2 fully saturated rings. The average molecular weight is 785 g/mol. The third-order valence-electron chi connectivity index (χ3n) is 9.69. The molecular formula is C39H51F3N8O6. The van der Waals surface area contributed by atoms with Crippen LogP contribution in [0.2, 0.25) is 0 Å². The number of likely N-dealkylation sites (tertiary alicyclic amines) is 1. The predicted octanol–water partition coefficient (Wildman–Crippen LogP) is 6.56. The highest BCUT2D eigenvalue weighted by molar-refractivity contribution is 5.97. The quantitative estimate of drug-likeness (QED) is 0.227. The van der Waals surface area contributed by atoms with E-state index in [9.17, 15) is 22.8 Å². The van der Waals surface area contributed by atoms with Gasteiger partial charge in [0.1, 0.15) is 11.5 Å². The Morgan fingerprint density at radius 2 is 1.62 bits per heavy atom. The molecule has 1 aromatic heterocycles. The molecule has 4 aliphatic rings. The lowest BCUT2D eigenvalue weighted by Gasteiger charge is -2.24. The lowest BCUT2D eigenvalue weighted by molar-refractivity contribution is -0.154. The van der Waals surface area contributed by atoms with Crippen molar-refractivity contribution in [3.05, 3.63) is 53.6 Å². The molecule has 17 heteroatoms. The van der Waals surface area contributed by atoms with E-state index in [0.29, 0.717) is 68.3 Å². The van der Waals surface area contributed by atoms with Gasteiger partial charge in [0.15, 0.2) is 6.61 Å². The van der Waals surface area contributed by atoms with Crippen molar-refractivity contribution < 1.29 is 41.7 Å². The van der Waals surface area contributed by atoms with Crippen LogP contribution in [-0.2, 0) is 11.3 Å². The maximum absolute atomic E-state index is 13.7. The van der Waals surface area contributed by atoms with Crippen LogP contribution in [0.4, 0.5) is 35.5 Å². The fraction of sp³-hybridized carbons (Fsp3) is 0.564. The zero-order valence-corrected chi connectivity index (χ0v) is 32.0. The Labute approximate surface area is 324 Å². The van der Waals surface area contributed by atoms with Gasteiger partial charge in [-0.2, -0.15) is 28.1 Å². The second-order valence-electron chi connectivity index (χ2n) is 14.8. The zero-order chi connectivity index (χ0) is 39.5. The Bertz CT molecular complexity index is 1770. The summed E-state index contributed by atoms with van der Waals surface area (Å²) >= 11 is 0. The van der Waals surface area contributed by atoms with Crippen molar-refractivity contribution in [2.24, 2.45) is 5.41 Å². The number of hydrogen-bond acceptors (Lipinski definition) is 12. The molecule has 4 heterocycles. The number of amides is 2. The molecule has 0 atom stereocenters. The summed E-state index contributed by atoms with van der Waals surface area (Å²) in [4.78, 5) is 43.2. The van der Waals surface area contributed by atoms with E-state index in [0.717, 1.165) is 38.0 Å². The third-order valence-corrected chi connectivity index (χ3v) is 9.69. The van der Waals surface area contributed by atoms with E-state index in [4.69, 9.17) is 18.9 Å². The molecule has 2 aromatic carbocycles. The van der Waals surface area contributed by atoms with Crippen molar-refractivity contribution >= 4 is 29.6 Å². The van der Waals surface area contributed by atoms with Crippen LogP contribution in [0.1, 0.15) is 74.7 Å². The van der Waals surface area contributed by atoms with Gasteiger partial charge in [0.2, 0.25) is 11.9 Å². The summed E-state index contributed by atoms with van der Waals surface area (Å²) in [5.41, 5.74) is 1.65. The first-order chi connectivity index (χ1) is 26.9. The van der Waals surface area contributed by atoms with Crippen molar-refractivity contribution in [2.75, 3.05) is 69.7 Å². The number of aromatic nitrogens is 3. The van der Waals surface area contributed by atoms with Crippen LogP contribution < -0.4 is 30.2 Å². The fourth-order valence-corrected chi connectivity index (χ4v) is 6.57. The molecule has 0 unspecified atom stereocenters. The maximum atomic E-state index is 13.7. The number of fused-ring (bicyclic) bond motifs is 12. The fourth-order valence-electron chi connectivity index (χ4n) is 6.57. The van der Waals surface area contributed by atoms with Crippen molar-refractivity contribution in [1.29, 1.82) is 0 Å². The van der Waals surface area contributed by atoms with Gasteiger partial charge in [-0.05, 0) is 102 Å². The third kappa shape index (κ3) is 12.5. The van der Waals surface area contributed by atoms with Crippen LogP contribution in [0.5, 0.6) is 17.5 Å². The lowest BCUT2D eigenvalue weighted by atomic mass is 10.1. The largest absolute Gasteiger partial charge is 0.494 e. The monoisotopic (exact) mass is 784 g/mol. The first-order valence-corrected chi connectivity index (χ1v) is 19.3. The molecule has 0 spiro atoms. The molecule has 3 aromatic rings. The predicted molar refractivity (Wildman–Crippen MR) is 203 cm³/mol. The molecule has 3 N–H and O–H groups in total. The molecular weight excluding hydrogens is 733 g/mol. The Balaban J connectivity index is 1.23. The molecule has 1 saturated heterocycles. The molecule has 14 nitrogen and oxygen atoms in total. The van der Waals surface area contributed by atoms with Crippen LogP contribution in [0.25, 0.3) is 0 Å². The van der Waals surface area contributed by atoms with Gasteiger partial charge in [0.25, 0.3) is 5.91 Å². The number of alkyl halides is 3. The molecule has 1 saturated carbocycles. The molecule has 3 aliphatic heterocycles. The minimum Gasteiger partial charge on any atom is -0.494 e. The molecule has 56 heavy (non-hydrogen) atoms. The lowest BCUT2D eigenvalue weighted by Crippen LogP contribution is -2.37. The second kappa shape index (κ2) is 18.7. The van der Waals surface area contributed by atoms with Gasteiger partial charge in [0, 0.05) is 49.9 Å². The van der Waals surface area contributed by atoms with Crippen molar-refractivity contribution in [1.82, 2.24) is 30.1 Å². The van der Waals surface area contributed by atoms with Gasteiger partial charge in [0.05, 0.1) is 24.9 Å². The first-order valence-electron chi connectivity index (χ1n) is 19.3. The number of halogens is 3. The maximum Gasteiger partial charge on any atom is 0.422 e. The zero-order valence-electron chi connectivity index (χ0n) is 32.0. The van der Waals surface area contributed by atoms with E-state index in [1.54, 1.807) is 35.2 Å². The van der Waals surface area contributed by atoms with E-state index in [2.05, 4.69) is 35.8 Å². The molecule has 6 bridgehead atoms. The number of nitrogens with one attached hydrogen (secondary N) is 3. The van der Waals surface area contributed by atoms with Gasteiger partial charge in [-0.3, -0.25) is 4.79 Å². The second-order valence-corrected chi connectivity index (χ2v) is 14.8. The Morgan fingerprint density at radius 3 is 2.36 bits per heavy atom. The van der Waals surface area contributed by atoms with Crippen LogP contribution in [-0.4, -0.2) is 108 Å². The molecule has 1 aliphatic carbocycles. The van der Waals surface area contributed by atoms with E-state index >= 15 is 0 Å². The van der Waals surface area contributed by atoms with Gasteiger partial charge in [-0.1, -0.05) is 12.1 Å². The number of benzene rings is 2. The number of nitrogens with zero attached hydrogens (tertiary/aromatic N) is 5. The number of hydrogen-bond donors (Lipinski definition) is 3. The minimum atomic E-state index is -4.61. The van der Waals surface area contributed by atoms with E-state index in [1.165, 1.54) is 12.8 Å². The van der Waals surface area contributed by atoms with E-state index in [1.807, 2.05) is 26.0 Å². The van der Waals surface area contributed by atoms with Gasteiger partial charge in [-0.25, -0.2) is 4.79 Å².